The molecule has 21 heavy (non-hydrogen) atoms. The Labute approximate surface area is 127 Å². The molecule has 1 N–H and O–H groups in total. The van der Waals surface area contributed by atoms with Crippen LogP contribution in [-0.4, -0.2) is 20.8 Å². The summed E-state index contributed by atoms with van der Waals surface area (Å²) >= 11 is 6.00. The second-order valence-corrected chi connectivity index (χ2v) is 5.67. The van der Waals surface area contributed by atoms with Crippen molar-refractivity contribution in [2.45, 2.75) is 32.5 Å². The van der Waals surface area contributed by atoms with Crippen molar-refractivity contribution in [3.63, 3.8) is 0 Å². The van der Waals surface area contributed by atoms with E-state index in [1.54, 1.807) is 12.7 Å². The van der Waals surface area contributed by atoms with Crippen LogP contribution in [0.1, 0.15) is 25.6 Å². The van der Waals surface area contributed by atoms with E-state index in [1.807, 2.05) is 28.9 Å². The molecule has 0 fully saturated rings. The van der Waals surface area contributed by atoms with Gasteiger partial charge in [0.2, 0.25) is 0 Å². The van der Waals surface area contributed by atoms with Gasteiger partial charge < -0.3 is 9.73 Å². The van der Waals surface area contributed by atoms with Gasteiger partial charge in [0.25, 0.3) is 0 Å². The monoisotopic (exact) mass is 304 g/mol. The highest BCUT2D eigenvalue weighted by molar-refractivity contribution is 6.31. The number of furan rings is 1. The minimum absolute atomic E-state index is 0.106. The van der Waals surface area contributed by atoms with Crippen molar-refractivity contribution < 1.29 is 4.42 Å². The van der Waals surface area contributed by atoms with Crippen LogP contribution >= 0.6 is 11.6 Å². The van der Waals surface area contributed by atoms with Crippen LogP contribution in [0.25, 0.3) is 11.0 Å². The standard InChI is InChI=1S/C15H17ClN4O/c1-10(7-20-9-17-8-18-20)19-11(2)15-6-12-5-13(16)3-4-14(12)21-15/h3-6,8-11,19H,7H2,1-2H3/t10-,11-/m1/s1. The topological polar surface area (TPSA) is 55.9 Å². The zero-order valence-corrected chi connectivity index (χ0v) is 12.7. The van der Waals surface area contributed by atoms with Crippen LogP contribution in [0.4, 0.5) is 0 Å². The van der Waals surface area contributed by atoms with Crippen molar-refractivity contribution in [1.82, 2.24) is 20.1 Å². The molecule has 0 aliphatic rings. The minimum atomic E-state index is 0.106. The lowest BCUT2D eigenvalue weighted by atomic mass is 10.2. The normalized spacial score (nSPS) is 14.4. The summed E-state index contributed by atoms with van der Waals surface area (Å²) in [5, 5.41) is 9.34. The van der Waals surface area contributed by atoms with Gasteiger partial charge >= 0.3 is 0 Å². The Hall–Kier alpha value is -1.85. The molecule has 2 aromatic heterocycles. The van der Waals surface area contributed by atoms with E-state index in [4.69, 9.17) is 16.0 Å². The van der Waals surface area contributed by atoms with Crippen LogP contribution in [0.5, 0.6) is 0 Å². The van der Waals surface area contributed by atoms with Crippen molar-refractivity contribution in [1.29, 1.82) is 0 Å². The van der Waals surface area contributed by atoms with Crippen LogP contribution in [0.15, 0.2) is 41.3 Å². The van der Waals surface area contributed by atoms with E-state index in [0.29, 0.717) is 0 Å². The zero-order valence-electron chi connectivity index (χ0n) is 12.0. The minimum Gasteiger partial charge on any atom is -0.459 e. The maximum Gasteiger partial charge on any atom is 0.137 e. The van der Waals surface area contributed by atoms with Gasteiger partial charge in [0, 0.05) is 16.5 Å². The summed E-state index contributed by atoms with van der Waals surface area (Å²) in [7, 11) is 0. The first kappa shape index (κ1) is 14.1. The van der Waals surface area contributed by atoms with Gasteiger partial charge in [-0.15, -0.1) is 0 Å². The molecule has 110 valence electrons. The fourth-order valence-corrected chi connectivity index (χ4v) is 2.60. The maximum atomic E-state index is 6.00. The first-order valence-corrected chi connectivity index (χ1v) is 7.27. The molecule has 0 saturated heterocycles. The van der Waals surface area contributed by atoms with Crippen LogP contribution < -0.4 is 5.32 Å². The predicted molar refractivity (Wildman–Crippen MR) is 82.3 cm³/mol. The molecule has 0 radical (unpaired) electrons. The molecule has 3 aromatic rings. The van der Waals surface area contributed by atoms with Gasteiger partial charge in [0.15, 0.2) is 0 Å². The van der Waals surface area contributed by atoms with Gasteiger partial charge in [0.1, 0.15) is 24.0 Å². The lowest BCUT2D eigenvalue weighted by molar-refractivity contribution is 0.376. The van der Waals surface area contributed by atoms with Crippen molar-refractivity contribution >= 4 is 22.6 Å². The van der Waals surface area contributed by atoms with Crippen LogP contribution in [-0.2, 0) is 6.54 Å². The Morgan fingerprint density at radius 2 is 2.19 bits per heavy atom. The molecule has 0 saturated carbocycles. The van der Waals surface area contributed by atoms with Gasteiger partial charge in [-0.3, -0.25) is 4.68 Å². The number of rotatable bonds is 5. The SMILES string of the molecule is C[C@H](Cn1cncn1)N[C@H](C)c1cc2cc(Cl)ccc2o1. The number of benzene rings is 1. The zero-order chi connectivity index (χ0) is 14.8. The molecule has 0 spiro atoms. The highest BCUT2D eigenvalue weighted by Crippen LogP contribution is 2.26. The summed E-state index contributed by atoms with van der Waals surface area (Å²) in [5.74, 6) is 0.901. The molecule has 2 heterocycles. The maximum absolute atomic E-state index is 6.00. The first-order chi connectivity index (χ1) is 10.1. The summed E-state index contributed by atoms with van der Waals surface area (Å²) in [6.45, 7) is 4.95. The van der Waals surface area contributed by atoms with Gasteiger partial charge in [0.05, 0.1) is 12.6 Å². The quantitative estimate of drug-likeness (QED) is 0.785. The first-order valence-electron chi connectivity index (χ1n) is 6.89. The Bertz CT molecular complexity index is 722. The lowest BCUT2D eigenvalue weighted by Gasteiger charge is -2.18. The summed E-state index contributed by atoms with van der Waals surface area (Å²) < 4.78 is 7.67. The third-order valence-electron chi connectivity index (χ3n) is 3.39. The van der Waals surface area contributed by atoms with E-state index in [-0.39, 0.29) is 12.1 Å². The average Bonchev–Trinajstić information content (AvgIpc) is 3.06. The fraction of sp³-hybridized carbons (Fsp3) is 0.333. The van der Waals surface area contributed by atoms with Crippen LogP contribution in [0.2, 0.25) is 5.02 Å². The van der Waals surface area contributed by atoms with E-state index >= 15 is 0 Å². The number of fused-ring (bicyclic) bond motifs is 1. The van der Waals surface area contributed by atoms with Gasteiger partial charge in [-0.1, -0.05) is 11.6 Å². The van der Waals surface area contributed by atoms with E-state index in [1.165, 1.54) is 0 Å². The second-order valence-electron chi connectivity index (χ2n) is 5.24. The fourth-order valence-electron chi connectivity index (χ4n) is 2.42. The molecule has 3 rings (SSSR count). The van der Waals surface area contributed by atoms with E-state index in [9.17, 15) is 0 Å². The van der Waals surface area contributed by atoms with E-state index in [2.05, 4.69) is 29.2 Å². The highest BCUT2D eigenvalue weighted by Gasteiger charge is 2.14. The molecule has 6 heteroatoms. The Kier molecular flexibility index (Phi) is 3.94. The van der Waals surface area contributed by atoms with E-state index < -0.39 is 0 Å². The largest absolute Gasteiger partial charge is 0.459 e. The molecular formula is C15H17ClN4O. The number of halogens is 1. The van der Waals surface area contributed by atoms with Crippen LogP contribution in [0.3, 0.4) is 0 Å². The van der Waals surface area contributed by atoms with Crippen molar-refractivity contribution in [2.75, 3.05) is 0 Å². The molecule has 0 unspecified atom stereocenters. The molecule has 1 aromatic carbocycles. The Balaban J connectivity index is 1.69. The van der Waals surface area contributed by atoms with Crippen molar-refractivity contribution in [3.8, 4) is 0 Å². The summed E-state index contributed by atoms with van der Waals surface area (Å²) in [4.78, 5) is 3.94. The number of hydrogen-bond donors (Lipinski definition) is 1. The molecule has 0 bridgehead atoms. The van der Waals surface area contributed by atoms with Crippen molar-refractivity contribution in [3.05, 3.63) is 47.7 Å². The van der Waals surface area contributed by atoms with Gasteiger partial charge in [-0.2, -0.15) is 5.10 Å². The summed E-state index contributed by atoms with van der Waals surface area (Å²) in [6, 6.07) is 8.03. The van der Waals surface area contributed by atoms with Crippen LogP contribution in [0, 0.1) is 0 Å². The third kappa shape index (κ3) is 3.25. The van der Waals surface area contributed by atoms with Crippen molar-refractivity contribution in [2.24, 2.45) is 0 Å². The second kappa shape index (κ2) is 5.87. The third-order valence-corrected chi connectivity index (χ3v) is 3.62. The van der Waals surface area contributed by atoms with Gasteiger partial charge in [-0.25, -0.2) is 4.98 Å². The summed E-state index contributed by atoms with van der Waals surface area (Å²) in [5.41, 5.74) is 0.854. The number of aromatic nitrogens is 3. The number of hydrogen-bond acceptors (Lipinski definition) is 4. The highest BCUT2D eigenvalue weighted by atomic mass is 35.5. The molecular weight excluding hydrogens is 288 g/mol. The lowest BCUT2D eigenvalue weighted by Crippen LogP contribution is -2.32. The molecule has 0 aliphatic heterocycles. The smallest absolute Gasteiger partial charge is 0.137 e. The average molecular weight is 305 g/mol. The number of nitrogens with zero attached hydrogens (tertiary/aromatic N) is 3. The molecule has 0 amide bonds. The molecule has 5 nitrogen and oxygen atoms in total. The Morgan fingerprint density at radius 1 is 1.33 bits per heavy atom. The molecule has 2 atom stereocenters. The predicted octanol–water partition coefficient (Wildman–Crippen LogP) is 3.42. The van der Waals surface area contributed by atoms with E-state index in [0.717, 1.165) is 28.3 Å². The Morgan fingerprint density at radius 3 is 2.95 bits per heavy atom. The summed E-state index contributed by atoms with van der Waals surface area (Å²) in [6.07, 6.45) is 3.26. The van der Waals surface area contributed by atoms with Gasteiger partial charge in [-0.05, 0) is 38.1 Å². The molecule has 0 aliphatic carbocycles. The number of nitrogens with one attached hydrogen (secondary N) is 1.